The zero-order valence-corrected chi connectivity index (χ0v) is 15.5. The van der Waals surface area contributed by atoms with Gasteiger partial charge in [-0.25, -0.2) is 4.79 Å². The molecule has 0 aliphatic heterocycles. The summed E-state index contributed by atoms with van der Waals surface area (Å²) in [7, 11) is 0. The van der Waals surface area contributed by atoms with Gasteiger partial charge in [0.2, 0.25) is 11.8 Å². The van der Waals surface area contributed by atoms with Crippen LogP contribution in [-0.4, -0.2) is 22.3 Å². The second-order valence-electron chi connectivity index (χ2n) is 5.72. The van der Waals surface area contributed by atoms with Crippen molar-refractivity contribution in [3.05, 3.63) is 63.6 Å². The van der Waals surface area contributed by atoms with E-state index in [1.165, 1.54) is 10.6 Å². The number of amides is 2. The Kier molecular flexibility index (Phi) is 5.83. The summed E-state index contributed by atoms with van der Waals surface area (Å²) in [6.07, 6.45) is 0. The number of nitrogens with one attached hydrogen (secondary N) is 2. The first-order chi connectivity index (χ1) is 13.0. The number of carbonyl (C=O) groups excluding carboxylic acids is 2. The lowest BCUT2D eigenvalue weighted by atomic mass is 10.2. The Morgan fingerprint density at radius 2 is 1.81 bits per heavy atom. The number of hydrogen-bond donors (Lipinski definition) is 2. The molecule has 1 heterocycles. The van der Waals surface area contributed by atoms with Crippen LogP contribution in [0.4, 0.5) is 5.69 Å². The number of aromatic nitrogens is 1. The van der Waals surface area contributed by atoms with E-state index >= 15 is 0 Å². The van der Waals surface area contributed by atoms with Crippen molar-refractivity contribution in [3.63, 3.8) is 0 Å². The van der Waals surface area contributed by atoms with E-state index in [2.05, 4.69) is 10.6 Å². The number of rotatable bonds is 6. The minimum absolute atomic E-state index is 0.119. The molecule has 0 spiro atoms. The molecule has 0 atom stereocenters. The van der Waals surface area contributed by atoms with Gasteiger partial charge in [-0.15, -0.1) is 11.6 Å². The zero-order chi connectivity index (χ0) is 19.4. The van der Waals surface area contributed by atoms with Gasteiger partial charge in [0.25, 0.3) is 0 Å². The Balaban J connectivity index is 1.61. The van der Waals surface area contributed by atoms with E-state index in [4.69, 9.17) is 27.6 Å². The largest absolute Gasteiger partial charge is 0.420 e. The first-order valence-corrected chi connectivity index (χ1v) is 8.88. The normalized spacial score (nSPS) is 10.7. The van der Waals surface area contributed by atoms with E-state index in [1.54, 1.807) is 36.4 Å². The first kappa shape index (κ1) is 19.0. The van der Waals surface area contributed by atoms with Crippen LogP contribution in [0.15, 0.2) is 51.7 Å². The van der Waals surface area contributed by atoms with Gasteiger partial charge in [0.1, 0.15) is 12.4 Å². The van der Waals surface area contributed by atoms with Crippen molar-refractivity contribution in [1.29, 1.82) is 0 Å². The van der Waals surface area contributed by atoms with Crippen LogP contribution in [0.1, 0.15) is 5.56 Å². The molecule has 27 heavy (non-hydrogen) atoms. The predicted molar refractivity (Wildman–Crippen MR) is 103 cm³/mol. The van der Waals surface area contributed by atoms with Crippen LogP contribution in [0.25, 0.3) is 11.1 Å². The van der Waals surface area contributed by atoms with Crippen LogP contribution >= 0.6 is 23.2 Å². The van der Waals surface area contributed by atoms with Crippen LogP contribution in [0.3, 0.4) is 0 Å². The molecule has 2 aromatic carbocycles. The maximum Gasteiger partial charge on any atom is 0.420 e. The lowest BCUT2D eigenvalue weighted by Gasteiger charge is -2.07. The molecule has 0 saturated carbocycles. The molecular formula is C18H15Cl2N3O4. The molecule has 7 nitrogen and oxygen atoms in total. The molecule has 0 aliphatic carbocycles. The SMILES string of the molecule is O=C(Cn1c(=O)oc2cc(Cl)ccc21)NCc1ccc(NC(=O)CCl)cc1. The lowest BCUT2D eigenvalue weighted by molar-refractivity contribution is -0.121. The van der Waals surface area contributed by atoms with Gasteiger partial charge in [0, 0.05) is 23.3 Å². The molecule has 3 rings (SSSR count). The molecule has 0 unspecified atom stereocenters. The summed E-state index contributed by atoms with van der Waals surface area (Å²) in [4.78, 5) is 35.4. The van der Waals surface area contributed by atoms with E-state index in [0.717, 1.165) is 5.56 Å². The highest BCUT2D eigenvalue weighted by Gasteiger charge is 2.13. The Labute approximate surface area is 163 Å². The molecule has 0 bridgehead atoms. The van der Waals surface area contributed by atoms with Gasteiger partial charge in [0.15, 0.2) is 5.58 Å². The Morgan fingerprint density at radius 3 is 2.52 bits per heavy atom. The number of oxazole rings is 1. The van der Waals surface area contributed by atoms with Crippen LogP contribution in [-0.2, 0) is 22.7 Å². The van der Waals surface area contributed by atoms with Crippen LogP contribution < -0.4 is 16.4 Å². The number of nitrogens with zero attached hydrogens (tertiary/aromatic N) is 1. The van der Waals surface area contributed by atoms with Crippen LogP contribution in [0.5, 0.6) is 0 Å². The zero-order valence-electron chi connectivity index (χ0n) is 14.0. The smallest absolute Gasteiger partial charge is 0.408 e. The minimum Gasteiger partial charge on any atom is -0.408 e. The second kappa shape index (κ2) is 8.28. The Bertz CT molecular complexity index is 1040. The predicted octanol–water partition coefficient (Wildman–Crippen LogP) is 2.74. The van der Waals surface area contributed by atoms with Crippen molar-refractivity contribution in [1.82, 2.24) is 9.88 Å². The van der Waals surface area contributed by atoms with Crippen molar-refractivity contribution < 1.29 is 14.0 Å². The Morgan fingerprint density at radius 1 is 1.07 bits per heavy atom. The molecule has 0 radical (unpaired) electrons. The molecule has 0 aliphatic rings. The van der Waals surface area contributed by atoms with Gasteiger partial charge >= 0.3 is 5.76 Å². The molecule has 2 amide bonds. The average Bonchev–Trinajstić information content (AvgIpc) is 2.95. The first-order valence-electron chi connectivity index (χ1n) is 7.96. The van der Waals surface area contributed by atoms with Crippen LogP contribution in [0.2, 0.25) is 5.02 Å². The van der Waals surface area contributed by atoms with Gasteiger partial charge in [-0.05, 0) is 29.8 Å². The Hall–Kier alpha value is -2.77. The van der Waals surface area contributed by atoms with E-state index in [0.29, 0.717) is 21.8 Å². The lowest BCUT2D eigenvalue weighted by Crippen LogP contribution is -2.30. The molecule has 2 N–H and O–H groups in total. The summed E-state index contributed by atoms with van der Waals surface area (Å²) in [5.41, 5.74) is 2.28. The van der Waals surface area contributed by atoms with Gasteiger partial charge in [-0.2, -0.15) is 0 Å². The van der Waals surface area contributed by atoms with Crippen molar-refractivity contribution in [2.45, 2.75) is 13.1 Å². The summed E-state index contributed by atoms with van der Waals surface area (Å²) in [5.74, 6) is -1.38. The standard InChI is InChI=1S/C18H15Cl2N3O4/c19-8-16(24)22-13-4-1-11(2-5-13)9-21-17(25)10-23-14-6-3-12(20)7-15(14)27-18(23)26/h1-7H,8-10H2,(H,21,25)(H,22,24). The molecule has 0 fully saturated rings. The number of carbonyl (C=O) groups is 2. The topological polar surface area (TPSA) is 93.3 Å². The number of benzene rings is 2. The molecule has 3 aromatic rings. The van der Waals surface area contributed by atoms with Crippen molar-refractivity contribution in [2.24, 2.45) is 0 Å². The highest BCUT2D eigenvalue weighted by Crippen LogP contribution is 2.18. The molecule has 9 heteroatoms. The number of fused-ring (bicyclic) bond motifs is 1. The number of halogens is 2. The van der Waals surface area contributed by atoms with E-state index in [9.17, 15) is 14.4 Å². The van der Waals surface area contributed by atoms with Crippen molar-refractivity contribution in [3.8, 4) is 0 Å². The maximum atomic E-state index is 12.2. The highest BCUT2D eigenvalue weighted by molar-refractivity contribution is 6.31. The summed E-state index contributed by atoms with van der Waals surface area (Å²) >= 11 is 11.3. The van der Waals surface area contributed by atoms with E-state index in [-0.39, 0.29) is 30.8 Å². The number of anilines is 1. The van der Waals surface area contributed by atoms with E-state index < -0.39 is 5.76 Å². The fourth-order valence-corrected chi connectivity index (χ4v) is 2.72. The second-order valence-corrected chi connectivity index (χ2v) is 6.43. The molecule has 140 valence electrons. The van der Waals surface area contributed by atoms with Gasteiger partial charge in [-0.1, -0.05) is 23.7 Å². The molecule has 0 saturated heterocycles. The van der Waals surface area contributed by atoms with Gasteiger partial charge < -0.3 is 15.1 Å². The number of alkyl halides is 1. The van der Waals surface area contributed by atoms with Crippen molar-refractivity contribution in [2.75, 3.05) is 11.2 Å². The molecular weight excluding hydrogens is 393 g/mol. The summed E-state index contributed by atoms with van der Waals surface area (Å²) in [6, 6.07) is 11.7. The third kappa shape index (κ3) is 4.69. The third-order valence-electron chi connectivity index (χ3n) is 3.78. The third-order valence-corrected chi connectivity index (χ3v) is 4.26. The summed E-state index contributed by atoms with van der Waals surface area (Å²) in [5, 5.41) is 5.80. The molecule has 1 aromatic heterocycles. The number of hydrogen-bond acceptors (Lipinski definition) is 4. The fourth-order valence-electron chi connectivity index (χ4n) is 2.49. The maximum absolute atomic E-state index is 12.2. The van der Waals surface area contributed by atoms with E-state index in [1.807, 2.05) is 0 Å². The monoisotopic (exact) mass is 407 g/mol. The summed E-state index contributed by atoms with van der Waals surface area (Å²) in [6.45, 7) is 0.107. The van der Waals surface area contributed by atoms with Crippen molar-refractivity contribution >= 4 is 51.8 Å². The summed E-state index contributed by atoms with van der Waals surface area (Å²) < 4.78 is 6.34. The van der Waals surface area contributed by atoms with Gasteiger partial charge in [-0.3, -0.25) is 14.2 Å². The fraction of sp³-hybridized carbons (Fsp3) is 0.167. The minimum atomic E-state index is -0.623. The highest BCUT2D eigenvalue weighted by atomic mass is 35.5. The van der Waals surface area contributed by atoms with Crippen LogP contribution in [0, 0.1) is 0 Å². The average molecular weight is 408 g/mol. The van der Waals surface area contributed by atoms with Gasteiger partial charge in [0.05, 0.1) is 5.52 Å². The quantitative estimate of drug-likeness (QED) is 0.614.